The van der Waals surface area contributed by atoms with Gasteiger partial charge in [-0.3, -0.25) is 14.5 Å². The molecule has 0 aromatic heterocycles. The maximum Gasteiger partial charge on any atom is 0.228 e. The largest absolute Gasteiger partial charge is 0.326 e. The molecule has 0 radical (unpaired) electrons. The van der Waals surface area contributed by atoms with Crippen LogP contribution in [-0.4, -0.2) is 36.3 Å². The topological polar surface area (TPSA) is 52.7 Å². The van der Waals surface area contributed by atoms with E-state index in [1.807, 2.05) is 24.3 Å². The summed E-state index contributed by atoms with van der Waals surface area (Å²) in [6.07, 6.45) is 3.34. The summed E-state index contributed by atoms with van der Waals surface area (Å²) in [5, 5.41) is 3.01. The number of carbonyl (C=O) groups is 2. The average Bonchev–Trinajstić information content (AvgIpc) is 3.16. The summed E-state index contributed by atoms with van der Waals surface area (Å²) in [5.41, 5.74) is 2.69. The van der Waals surface area contributed by atoms with Crippen molar-refractivity contribution < 1.29 is 14.0 Å². The minimum Gasteiger partial charge on any atom is -0.326 e. The van der Waals surface area contributed by atoms with Gasteiger partial charge in [0.25, 0.3) is 0 Å². The number of rotatable bonds is 5. The molecule has 4 rings (SSSR count). The van der Waals surface area contributed by atoms with E-state index in [1.54, 1.807) is 17.0 Å². The lowest BCUT2D eigenvalue weighted by Gasteiger charge is -2.32. The van der Waals surface area contributed by atoms with Crippen molar-refractivity contribution in [2.45, 2.75) is 32.2 Å². The zero-order chi connectivity index (χ0) is 20.2. The van der Waals surface area contributed by atoms with E-state index in [-0.39, 0.29) is 23.5 Å². The van der Waals surface area contributed by atoms with Gasteiger partial charge in [0.05, 0.1) is 5.92 Å². The van der Waals surface area contributed by atoms with Gasteiger partial charge >= 0.3 is 0 Å². The first-order chi connectivity index (χ1) is 14.1. The molecule has 0 unspecified atom stereocenters. The first-order valence-electron chi connectivity index (χ1n) is 10.3. The molecular weight excluding hydrogens is 369 g/mol. The summed E-state index contributed by atoms with van der Waals surface area (Å²) in [6.45, 7) is 3.13. The van der Waals surface area contributed by atoms with Crippen molar-refractivity contribution in [2.75, 3.05) is 29.9 Å². The van der Waals surface area contributed by atoms with Crippen molar-refractivity contribution in [3.63, 3.8) is 0 Å². The van der Waals surface area contributed by atoms with E-state index in [9.17, 15) is 14.0 Å². The van der Waals surface area contributed by atoms with Crippen LogP contribution < -0.4 is 10.2 Å². The van der Waals surface area contributed by atoms with Gasteiger partial charge < -0.3 is 10.2 Å². The van der Waals surface area contributed by atoms with Crippen LogP contribution in [0.3, 0.4) is 0 Å². The van der Waals surface area contributed by atoms with Gasteiger partial charge in [-0.1, -0.05) is 12.1 Å². The lowest BCUT2D eigenvalue weighted by molar-refractivity contribution is -0.121. The Balaban J connectivity index is 1.33. The third-order valence-electron chi connectivity index (χ3n) is 5.72. The fourth-order valence-electron chi connectivity index (χ4n) is 4.15. The first kappa shape index (κ1) is 19.6. The van der Waals surface area contributed by atoms with Crippen molar-refractivity contribution in [3.8, 4) is 0 Å². The van der Waals surface area contributed by atoms with Gasteiger partial charge in [-0.05, 0) is 67.8 Å². The lowest BCUT2D eigenvalue weighted by atomic mass is 9.96. The highest BCUT2D eigenvalue weighted by Crippen LogP contribution is 2.24. The zero-order valence-corrected chi connectivity index (χ0v) is 16.4. The Kier molecular flexibility index (Phi) is 5.90. The molecular formula is C23H26FN3O2. The molecule has 0 aliphatic carbocycles. The molecule has 2 heterocycles. The highest BCUT2D eigenvalue weighted by atomic mass is 19.1. The summed E-state index contributed by atoms with van der Waals surface area (Å²) in [4.78, 5) is 28.7. The highest BCUT2D eigenvalue weighted by molar-refractivity contribution is 5.96. The molecule has 0 spiro atoms. The number of benzene rings is 2. The van der Waals surface area contributed by atoms with E-state index >= 15 is 0 Å². The summed E-state index contributed by atoms with van der Waals surface area (Å²) in [5.74, 6) is -0.113. The van der Waals surface area contributed by atoms with Crippen LogP contribution in [0.15, 0.2) is 48.5 Å². The summed E-state index contributed by atoms with van der Waals surface area (Å²) >= 11 is 0. The van der Waals surface area contributed by atoms with E-state index in [0.29, 0.717) is 13.0 Å². The molecule has 6 heteroatoms. The Morgan fingerprint density at radius 2 is 1.79 bits per heavy atom. The number of amides is 2. The second-order valence-corrected chi connectivity index (χ2v) is 7.89. The molecule has 1 N–H and O–H groups in total. The van der Waals surface area contributed by atoms with E-state index in [0.717, 1.165) is 55.8 Å². The van der Waals surface area contributed by atoms with Crippen LogP contribution in [0.4, 0.5) is 15.8 Å². The minimum atomic E-state index is -0.232. The molecule has 29 heavy (non-hydrogen) atoms. The van der Waals surface area contributed by atoms with Crippen molar-refractivity contribution in [1.29, 1.82) is 0 Å². The van der Waals surface area contributed by atoms with Crippen molar-refractivity contribution >= 4 is 23.2 Å². The third-order valence-corrected chi connectivity index (χ3v) is 5.72. The predicted molar refractivity (Wildman–Crippen MR) is 111 cm³/mol. The number of nitrogens with one attached hydrogen (secondary N) is 1. The molecule has 5 nitrogen and oxygen atoms in total. The van der Waals surface area contributed by atoms with Gasteiger partial charge in [0.2, 0.25) is 11.8 Å². The average molecular weight is 395 g/mol. The summed E-state index contributed by atoms with van der Waals surface area (Å²) < 4.78 is 13.1. The Morgan fingerprint density at radius 3 is 2.48 bits per heavy atom. The Morgan fingerprint density at radius 1 is 1.03 bits per heavy atom. The van der Waals surface area contributed by atoms with E-state index in [1.165, 1.54) is 12.1 Å². The highest BCUT2D eigenvalue weighted by Gasteiger charge is 2.26. The molecule has 2 saturated heterocycles. The quantitative estimate of drug-likeness (QED) is 0.838. The van der Waals surface area contributed by atoms with E-state index in [2.05, 4.69) is 10.2 Å². The van der Waals surface area contributed by atoms with Crippen molar-refractivity contribution in [1.82, 2.24) is 4.90 Å². The summed E-state index contributed by atoms with van der Waals surface area (Å²) in [7, 11) is 0. The number of likely N-dealkylation sites (tertiary alicyclic amines) is 1. The van der Waals surface area contributed by atoms with Gasteiger partial charge in [-0.25, -0.2) is 4.39 Å². The number of piperidine rings is 1. The molecule has 2 fully saturated rings. The minimum absolute atomic E-state index is 0.0267. The van der Waals surface area contributed by atoms with Gasteiger partial charge in [0, 0.05) is 37.4 Å². The van der Waals surface area contributed by atoms with Crippen LogP contribution in [0, 0.1) is 11.7 Å². The number of anilines is 2. The molecule has 0 bridgehead atoms. The number of carbonyl (C=O) groups excluding carboxylic acids is 2. The van der Waals surface area contributed by atoms with E-state index in [4.69, 9.17) is 0 Å². The van der Waals surface area contributed by atoms with Gasteiger partial charge in [-0.15, -0.1) is 0 Å². The fourth-order valence-corrected chi connectivity index (χ4v) is 4.15. The second-order valence-electron chi connectivity index (χ2n) is 7.89. The molecule has 2 aromatic rings. The molecule has 0 saturated carbocycles. The third kappa shape index (κ3) is 4.82. The van der Waals surface area contributed by atoms with Crippen LogP contribution in [0.25, 0.3) is 0 Å². The molecule has 2 aliphatic heterocycles. The Labute approximate surface area is 170 Å². The first-order valence-corrected chi connectivity index (χ1v) is 10.3. The van der Waals surface area contributed by atoms with Crippen LogP contribution in [0.5, 0.6) is 0 Å². The normalized spacial score (nSPS) is 20.1. The summed E-state index contributed by atoms with van der Waals surface area (Å²) in [6, 6.07) is 14.0. The van der Waals surface area contributed by atoms with Gasteiger partial charge in [-0.2, -0.15) is 0 Å². The fraction of sp³-hybridized carbons (Fsp3) is 0.391. The standard InChI is InChI=1S/C23H26FN3O2/c24-19-7-5-17(6-8-19)15-26-13-1-3-18(16-26)23(29)25-20-9-11-21(12-10-20)27-14-2-4-22(27)28/h5-12,18H,1-4,13-16H2,(H,25,29)/t18-/m1/s1. The van der Waals surface area contributed by atoms with Gasteiger partial charge in [0.15, 0.2) is 0 Å². The number of hydrogen-bond donors (Lipinski definition) is 1. The van der Waals surface area contributed by atoms with E-state index < -0.39 is 0 Å². The van der Waals surface area contributed by atoms with Crippen LogP contribution in [0.1, 0.15) is 31.2 Å². The van der Waals surface area contributed by atoms with Crippen LogP contribution >= 0.6 is 0 Å². The van der Waals surface area contributed by atoms with Crippen molar-refractivity contribution in [2.24, 2.45) is 5.92 Å². The SMILES string of the molecule is O=C(Nc1ccc(N2CCCC2=O)cc1)[C@@H]1CCCN(Cc2ccc(F)cc2)C1. The molecule has 2 aromatic carbocycles. The second kappa shape index (κ2) is 8.74. The molecule has 1 atom stereocenters. The smallest absolute Gasteiger partial charge is 0.228 e. The maximum absolute atomic E-state index is 13.1. The predicted octanol–water partition coefficient (Wildman–Crippen LogP) is 3.80. The number of hydrogen-bond acceptors (Lipinski definition) is 3. The molecule has 152 valence electrons. The monoisotopic (exact) mass is 395 g/mol. The molecule has 2 amide bonds. The number of halogens is 1. The molecule has 2 aliphatic rings. The van der Waals surface area contributed by atoms with Gasteiger partial charge in [0.1, 0.15) is 5.82 Å². The van der Waals surface area contributed by atoms with Crippen LogP contribution in [-0.2, 0) is 16.1 Å². The zero-order valence-electron chi connectivity index (χ0n) is 16.4. The van der Waals surface area contributed by atoms with Crippen LogP contribution in [0.2, 0.25) is 0 Å². The van der Waals surface area contributed by atoms with Crippen molar-refractivity contribution in [3.05, 3.63) is 59.9 Å². The maximum atomic E-state index is 13.1. The lowest BCUT2D eigenvalue weighted by Crippen LogP contribution is -2.40. The Bertz CT molecular complexity index is 867. The Hall–Kier alpha value is -2.73. The number of nitrogens with zero attached hydrogens (tertiary/aromatic N) is 2.